The van der Waals surface area contributed by atoms with Gasteiger partial charge in [0.15, 0.2) is 0 Å². The molecule has 0 aliphatic carbocycles. The molecule has 0 radical (unpaired) electrons. The molecule has 1 amide bonds. The predicted octanol–water partition coefficient (Wildman–Crippen LogP) is -0.877. The topological polar surface area (TPSA) is 64.6 Å². The second-order valence-corrected chi connectivity index (χ2v) is 2.32. The van der Waals surface area contributed by atoms with Crippen LogP contribution < -0.4 is 5.32 Å². The summed E-state index contributed by atoms with van der Waals surface area (Å²) in [5.74, 6) is -0.915. The Bertz CT molecular complexity index is 173. The normalized spacial score (nSPS) is 11.9. The van der Waals surface area contributed by atoms with Gasteiger partial charge in [-0.2, -0.15) is 0 Å². The molecule has 2 atom stereocenters. The van der Waals surface area contributed by atoms with Crippen LogP contribution in [0.15, 0.2) is 0 Å². The quantitative estimate of drug-likeness (QED) is 0.358. The molecule has 5 nitrogen and oxygen atoms in total. The van der Waals surface area contributed by atoms with Gasteiger partial charge in [0.1, 0.15) is 0 Å². The van der Waals surface area contributed by atoms with Gasteiger partial charge >= 0.3 is 5.97 Å². The summed E-state index contributed by atoms with van der Waals surface area (Å²) in [6.07, 6.45) is -0.792. The summed E-state index contributed by atoms with van der Waals surface area (Å²) in [5, 5.41) is 2.31. The molecule has 0 aliphatic rings. The molecule has 70 valence electrons. The van der Waals surface area contributed by atoms with Crippen LogP contribution in [0.25, 0.3) is 0 Å². The molecule has 0 aromatic carbocycles. The van der Waals surface area contributed by atoms with Crippen LogP contribution in [0.5, 0.6) is 0 Å². The molecule has 0 aromatic heterocycles. The van der Waals surface area contributed by atoms with E-state index in [1.165, 1.54) is 14.2 Å². The van der Waals surface area contributed by atoms with Crippen LogP contribution in [-0.2, 0) is 19.1 Å². The lowest BCUT2D eigenvalue weighted by Crippen LogP contribution is -2.43. The van der Waals surface area contributed by atoms with Crippen molar-refractivity contribution in [2.45, 2.75) is 6.23 Å². The number of hydrogen-bond donors (Lipinski definition) is 1. The van der Waals surface area contributed by atoms with Crippen molar-refractivity contribution in [1.82, 2.24) is 5.32 Å². The van der Waals surface area contributed by atoms with E-state index in [4.69, 9.17) is 0 Å². The molecule has 6 heteroatoms. The van der Waals surface area contributed by atoms with Crippen molar-refractivity contribution in [2.24, 2.45) is 0 Å². The van der Waals surface area contributed by atoms with Crippen LogP contribution >= 0.6 is 9.24 Å². The van der Waals surface area contributed by atoms with Gasteiger partial charge in [-0.05, 0) is 0 Å². The third kappa shape index (κ3) is 3.64. The monoisotopic (exact) mass is 193 g/mol. The van der Waals surface area contributed by atoms with Crippen LogP contribution in [0.1, 0.15) is 0 Å². The lowest BCUT2D eigenvalue weighted by molar-refractivity contribution is -0.156. The van der Waals surface area contributed by atoms with Crippen molar-refractivity contribution in [3.8, 4) is 0 Å². The molecule has 1 N–H and O–H groups in total. The van der Waals surface area contributed by atoms with Crippen molar-refractivity contribution < 1.29 is 19.1 Å². The minimum absolute atomic E-state index is 0.219. The second-order valence-electron chi connectivity index (χ2n) is 1.91. The number of nitrogens with one attached hydrogen (secondary N) is 1. The highest BCUT2D eigenvalue weighted by atomic mass is 31.0. The minimum atomic E-state index is -1.01. The number of hydrogen-bond acceptors (Lipinski definition) is 4. The minimum Gasteiger partial charge on any atom is -0.466 e. The predicted molar refractivity (Wildman–Crippen MR) is 45.5 cm³/mol. The number of rotatable bonds is 4. The molecule has 0 saturated heterocycles. The fraction of sp³-hybridized carbons (Fsp3) is 0.667. The summed E-state index contributed by atoms with van der Waals surface area (Å²) in [7, 11) is 4.77. The molecule has 0 aliphatic heterocycles. The van der Waals surface area contributed by atoms with E-state index in [1.807, 2.05) is 0 Å². The molecule has 2 unspecified atom stereocenters. The number of carbonyl (C=O) groups excluding carboxylic acids is 2. The second kappa shape index (κ2) is 5.91. The van der Waals surface area contributed by atoms with Gasteiger partial charge in [-0.15, -0.1) is 9.24 Å². The molecule has 0 heterocycles. The molecular formula is C6H12NO4P. The first-order valence-electron chi connectivity index (χ1n) is 3.25. The van der Waals surface area contributed by atoms with Crippen LogP contribution in [0.3, 0.4) is 0 Å². The summed E-state index contributed by atoms with van der Waals surface area (Å²) in [5.41, 5.74) is 0. The Labute approximate surface area is 73.0 Å². The zero-order valence-electron chi connectivity index (χ0n) is 6.99. The van der Waals surface area contributed by atoms with E-state index >= 15 is 0 Å². The van der Waals surface area contributed by atoms with Gasteiger partial charge in [0.2, 0.25) is 12.1 Å². The van der Waals surface area contributed by atoms with E-state index in [-0.39, 0.29) is 12.1 Å². The SMILES string of the molecule is COC(=O)C(NC(=O)CP)OC. The van der Waals surface area contributed by atoms with Crippen molar-refractivity contribution in [2.75, 3.05) is 20.4 Å². The summed E-state index contributed by atoms with van der Waals surface area (Å²) < 4.78 is 9.02. The number of carbonyl (C=O) groups is 2. The van der Waals surface area contributed by atoms with Gasteiger partial charge in [0.05, 0.1) is 7.11 Å². The van der Waals surface area contributed by atoms with Crippen LogP contribution in [0, 0.1) is 0 Å². The lowest BCUT2D eigenvalue weighted by atomic mass is 10.5. The maximum Gasteiger partial charge on any atom is 0.356 e. The number of methoxy groups -OCH3 is 2. The summed E-state index contributed by atoms with van der Waals surface area (Å²) >= 11 is 0. The van der Waals surface area contributed by atoms with Gasteiger partial charge in [0.25, 0.3) is 0 Å². The third-order valence-electron chi connectivity index (χ3n) is 1.13. The van der Waals surface area contributed by atoms with Crippen molar-refractivity contribution in [3.63, 3.8) is 0 Å². The number of amides is 1. The zero-order valence-corrected chi connectivity index (χ0v) is 8.15. The molecule has 0 aromatic rings. The van der Waals surface area contributed by atoms with Gasteiger partial charge in [-0.25, -0.2) is 4.79 Å². The van der Waals surface area contributed by atoms with Crippen molar-refractivity contribution in [1.29, 1.82) is 0 Å². The summed E-state index contributed by atoms with van der Waals surface area (Å²) in [6.45, 7) is 0. The zero-order chi connectivity index (χ0) is 9.56. The van der Waals surface area contributed by atoms with Crippen LogP contribution in [0.2, 0.25) is 0 Å². The first-order chi connectivity index (χ1) is 5.65. The molecule has 0 rings (SSSR count). The highest BCUT2D eigenvalue weighted by molar-refractivity contribution is 7.18. The van der Waals surface area contributed by atoms with Crippen LogP contribution in [-0.4, -0.2) is 38.5 Å². The average molecular weight is 193 g/mol. The average Bonchev–Trinajstić information content (AvgIpc) is 2.12. The maximum absolute atomic E-state index is 10.8. The smallest absolute Gasteiger partial charge is 0.356 e. The maximum atomic E-state index is 10.8. The molecular weight excluding hydrogens is 181 g/mol. The molecule has 0 fully saturated rings. The molecule has 0 spiro atoms. The fourth-order valence-corrected chi connectivity index (χ4v) is 0.644. The molecule has 0 bridgehead atoms. The van der Waals surface area contributed by atoms with Gasteiger partial charge in [0, 0.05) is 13.3 Å². The number of ether oxygens (including phenoxy) is 2. The molecule has 12 heavy (non-hydrogen) atoms. The van der Waals surface area contributed by atoms with Gasteiger partial charge in [-0.1, -0.05) is 0 Å². The van der Waals surface area contributed by atoms with Crippen molar-refractivity contribution in [3.05, 3.63) is 0 Å². The summed E-state index contributed by atoms with van der Waals surface area (Å²) in [4.78, 5) is 21.6. The Morgan fingerprint density at radius 1 is 1.50 bits per heavy atom. The van der Waals surface area contributed by atoms with E-state index in [0.29, 0.717) is 0 Å². The van der Waals surface area contributed by atoms with Gasteiger partial charge < -0.3 is 14.8 Å². The Morgan fingerprint density at radius 2 is 2.08 bits per heavy atom. The fourth-order valence-electron chi connectivity index (χ4n) is 0.526. The van der Waals surface area contributed by atoms with E-state index in [2.05, 4.69) is 24.0 Å². The largest absolute Gasteiger partial charge is 0.466 e. The standard InChI is InChI=1S/C6H12NO4P/c1-10-5(6(9)11-2)7-4(8)3-12/h5H,3,12H2,1-2H3,(H,7,8). The highest BCUT2D eigenvalue weighted by Crippen LogP contribution is 1.90. The Kier molecular flexibility index (Phi) is 5.58. The first-order valence-corrected chi connectivity index (χ1v) is 4.07. The van der Waals surface area contributed by atoms with Gasteiger partial charge in [-0.3, -0.25) is 4.79 Å². The first kappa shape index (κ1) is 11.3. The highest BCUT2D eigenvalue weighted by Gasteiger charge is 2.19. The van der Waals surface area contributed by atoms with E-state index < -0.39 is 12.2 Å². The van der Waals surface area contributed by atoms with E-state index in [0.717, 1.165) is 0 Å². The van der Waals surface area contributed by atoms with Crippen LogP contribution in [0.4, 0.5) is 0 Å². The third-order valence-corrected chi connectivity index (χ3v) is 1.50. The summed E-state index contributed by atoms with van der Waals surface area (Å²) in [6, 6.07) is 0. The van der Waals surface area contributed by atoms with E-state index in [9.17, 15) is 9.59 Å². The molecule has 0 saturated carbocycles. The Hall–Kier alpha value is -0.670. The lowest BCUT2D eigenvalue weighted by Gasteiger charge is -2.13. The van der Waals surface area contributed by atoms with E-state index in [1.54, 1.807) is 0 Å². The Morgan fingerprint density at radius 3 is 2.42 bits per heavy atom. The van der Waals surface area contributed by atoms with Crippen molar-refractivity contribution >= 4 is 21.1 Å². The Balaban J connectivity index is 3.99. The number of esters is 1.